The van der Waals surface area contributed by atoms with E-state index in [1.54, 1.807) is 0 Å². The molecule has 5 aromatic heterocycles. The Morgan fingerprint density at radius 3 is 2.04 bits per heavy atom. The Labute approximate surface area is 256 Å². The van der Waals surface area contributed by atoms with Crippen LogP contribution in [0.5, 0.6) is 0 Å². The maximum absolute atomic E-state index is 6.40. The molecule has 5 aromatic carbocycles. The SMILES string of the molecule is c1ccc(-c2nc(-n3c4ccccc4c4c3ccc3c5ccccc5n(-c5ccccn5)c34)nc3c2oc2ccccc23)cc1. The van der Waals surface area contributed by atoms with Crippen LogP contribution in [-0.2, 0) is 0 Å². The number of benzene rings is 5. The van der Waals surface area contributed by atoms with Crippen LogP contribution < -0.4 is 0 Å². The predicted octanol–water partition coefficient (Wildman–Crippen LogP) is 9.63. The molecule has 10 aromatic rings. The van der Waals surface area contributed by atoms with Crippen LogP contribution in [0.1, 0.15) is 0 Å². The van der Waals surface area contributed by atoms with E-state index in [4.69, 9.17) is 19.4 Å². The monoisotopic (exact) mass is 577 g/mol. The summed E-state index contributed by atoms with van der Waals surface area (Å²) in [5, 5.41) is 5.58. The number of furan rings is 1. The smallest absolute Gasteiger partial charge is 0.236 e. The van der Waals surface area contributed by atoms with E-state index in [1.807, 2.05) is 54.7 Å². The van der Waals surface area contributed by atoms with Crippen molar-refractivity contribution in [2.24, 2.45) is 0 Å². The van der Waals surface area contributed by atoms with E-state index in [2.05, 4.69) is 94.1 Å². The minimum Gasteiger partial charge on any atom is -0.452 e. The first-order chi connectivity index (χ1) is 22.3. The fourth-order valence-corrected chi connectivity index (χ4v) is 6.92. The van der Waals surface area contributed by atoms with Crippen molar-refractivity contribution in [3.63, 3.8) is 0 Å². The Bertz CT molecular complexity index is 2760. The molecule has 0 aliphatic heterocycles. The first-order valence-electron chi connectivity index (χ1n) is 15.0. The second kappa shape index (κ2) is 9.11. The molecule has 210 valence electrons. The van der Waals surface area contributed by atoms with Gasteiger partial charge in [0.25, 0.3) is 0 Å². The summed E-state index contributed by atoms with van der Waals surface area (Å²) in [6.07, 6.45) is 1.85. The second-order valence-corrected chi connectivity index (χ2v) is 11.3. The fourth-order valence-electron chi connectivity index (χ4n) is 6.92. The highest BCUT2D eigenvalue weighted by atomic mass is 16.3. The molecule has 0 bridgehead atoms. The fraction of sp³-hybridized carbons (Fsp3) is 0. The molecule has 0 saturated heterocycles. The van der Waals surface area contributed by atoms with Crippen LogP contribution in [0.15, 0.2) is 144 Å². The van der Waals surface area contributed by atoms with Crippen molar-refractivity contribution >= 4 is 65.7 Å². The van der Waals surface area contributed by atoms with Crippen LogP contribution in [-0.4, -0.2) is 24.1 Å². The molecular formula is C39H23N5O. The number of aromatic nitrogens is 5. The third-order valence-corrected chi connectivity index (χ3v) is 8.80. The van der Waals surface area contributed by atoms with Crippen molar-refractivity contribution in [1.29, 1.82) is 0 Å². The zero-order valence-corrected chi connectivity index (χ0v) is 23.9. The molecule has 6 nitrogen and oxygen atoms in total. The number of rotatable bonds is 3. The maximum atomic E-state index is 6.40. The van der Waals surface area contributed by atoms with Crippen molar-refractivity contribution in [3.05, 3.63) is 140 Å². The van der Waals surface area contributed by atoms with Gasteiger partial charge in [-0.25, -0.2) is 15.0 Å². The van der Waals surface area contributed by atoms with Crippen LogP contribution in [0.4, 0.5) is 0 Å². The number of fused-ring (bicyclic) bond motifs is 10. The predicted molar refractivity (Wildman–Crippen MR) is 181 cm³/mol. The van der Waals surface area contributed by atoms with Crippen molar-refractivity contribution in [3.8, 4) is 23.0 Å². The Morgan fingerprint density at radius 1 is 0.511 bits per heavy atom. The molecule has 0 aliphatic carbocycles. The van der Waals surface area contributed by atoms with Crippen molar-refractivity contribution in [1.82, 2.24) is 24.1 Å². The molecule has 0 amide bonds. The first kappa shape index (κ1) is 24.2. The quantitative estimate of drug-likeness (QED) is 0.210. The van der Waals surface area contributed by atoms with Crippen molar-refractivity contribution in [2.75, 3.05) is 0 Å². The Hall–Kier alpha value is -6.27. The molecule has 5 heterocycles. The third-order valence-electron chi connectivity index (χ3n) is 8.80. The van der Waals surface area contributed by atoms with E-state index >= 15 is 0 Å². The third kappa shape index (κ3) is 3.36. The zero-order valence-electron chi connectivity index (χ0n) is 23.9. The Kier molecular flexibility index (Phi) is 4.90. The molecule has 0 spiro atoms. The summed E-state index contributed by atoms with van der Waals surface area (Å²) < 4.78 is 10.9. The van der Waals surface area contributed by atoms with Crippen LogP contribution in [0.3, 0.4) is 0 Å². The van der Waals surface area contributed by atoms with Crippen molar-refractivity contribution in [2.45, 2.75) is 0 Å². The molecule has 0 radical (unpaired) electrons. The minimum absolute atomic E-state index is 0.596. The second-order valence-electron chi connectivity index (χ2n) is 11.3. The number of nitrogens with zero attached hydrogens (tertiary/aromatic N) is 5. The summed E-state index contributed by atoms with van der Waals surface area (Å²) in [4.78, 5) is 15.3. The van der Waals surface area contributed by atoms with E-state index in [9.17, 15) is 0 Å². The molecule has 0 saturated carbocycles. The molecule has 6 heteroatoms. The van der Waals surface area contributed by atoms with Crippen LogP contribution >= 0.6 is 0 Å². The normalized spacial score (nSPS) is 12.0. The standard InChI is InChI=1S/C39H23N5O/c1-2-12-24(13-3-1)35-38-36(28-16-6-9-19-32(28)45-38)42-39(41-35)43-30-18-8-5-15-27(30)34-31(43)22-21-26-25-14-4-7-17-29(25)44(37(26)34)33-20-10-11-23-40-33/h1-23H. The van der Waals surface area contributed by atoms with Crippen LogP contribution in [0.2, 0.25) is 0 Å². The van der Waals surface area contributed by atoms with Gasteiger partial charge in [0.2, 0.25) is 5.95 Å². The Balaban J connectivity index is 1.39. The molecule has 0 N–H and O–H groups in total. The first-order valence-corrected chi connectivity index (χ1v) is 15.0. The lowest BCUT2D eigenvalue weighted by Gasteiger charge is -2.10. The van der Waals surface area contributed by atoms with Gasteiger partial charge in [0.1, 0.15) is 22.6 Å². The maximum Gasteiger partial charge on any atom is 0.236 e. The lowest BCUT2D eigenvalue weighted by molar-refractivity contribution is 0.666. The van der Waals surface area contributed by atoms with Gasteiger partial charge < -0.3 is 4.42 Å². The van der Waals surface area contributed by atoms with E-state index in [-0.39, 0.29) is 0 Å². The van der Waals surface area contributed by atoms with E-state index in [0.29, 0.717) is 11.5 Å². The molecule has 45 heavy (non-hydrogen) atoms. The number of para-hydroxylation sites is 3. The zero-order chi connectivity index (χ0) is 29.5. The van der Waals surface area contributed by atoms with Gasteiger partial charge in [0.05, 0.1) is 22.1 Å². The Morgan fingerprint density at radius 2 is 1.22 bits per heavy atom. The molecule has 10 rings (SSSR count). The highest BCUT2D eigenvalue weighted by molar-refractivity contribution is 6.26. The van der Waals surface area contributed by atoms with Gasteiger partial charge in [-0.1, -0.05) is 91.0 Å². The highest BCUT2D eigenvalue weighted by Gasteiger charge is 2.24. The minimum atomic E-state index is 0.596. The van der Waals surface area contributed by atoms with Gasteiger partial charge in [0, 0.05) is 38.7 Å². The lowest BCUT2D eigenvalue weighted by Crippen LogP contribution is -2.03. The molecule has 0 aliphatic rings. The summed E-state index contributed by atoms with van der Waals surface area (Å²) in [7, 11) is 0. The van der Waals surface area contributed by atoms with Crippen molar-refractivity contribution < 1.29 is 4.42 Å². The largest absolute Gasteiger partial charge is 0.452 e. The van der Waals surface area contributed by atoms with Gasteiger partial charge in [-0.2, -0.15) is 0 Å². The highest BCUT2D eigenvalue weighted by Crippen LogP contribution is 2.42. The number of hydrogen-bond donors (Lipinski definition) is 0. The average molecular weight is 578 g/mol. The van der Waals surface area contributed by atoms with Crippen LogP contribution in [0.25, 0.3) is 88.7 Å². The van der Waals surface area contributed by atoms with Gasteiger partial charge in [0.15, 0.2) is 5.58 Å². The number of pyridine rings is 1. The molecule has 0 unspecified atom stereocenters. The van der Waals surface area contributed by atoms with Crippen LogP contribution in [0, 0.1) is 0 Å². The number of hydrogen-bond acceptors (Lipinski definition) is 4. The summed E-state index contributed by atoms with van der Waals surface area (Å²) in [5.74, 6) is 1.47. The summed E-state index contributed by atoms with van der Waals surface area (Å²) in [6.45, 7) is 0. The van der Waals surface area contributed by atoms with E-state index < -0.39 is 0 Å². The lowest BCUT2D eigenvalue weighted by atomic mass is 10.1. The molecule has 0 atom stereocenters. The summed E-state index contributed by atoms with van der Waals surface area (Å²) >= 11 is 0. The van der Waals surface area contributed by atoms with Gasteiger partial charge >= 0.3 is 0 Å². The summed E-state index contributed by atoms with van der Waals surface area (Å²) in [5.41, 5.74) is 8.29. The van der Waals surface area contributed by atoms with E-state index in [1.165, 1.54) is 10.8 Å². The molecular weight excluding hydrogens is 554 g/mol. The van der Waals surface area contributed by atoms with E-state index in [0.717, 1.165) is 66.4 Å². The molecule has 0 fully saturated rings. The van der Waals surface area contributed by atoms with Gasteiger partial charge in [-0.05, 0) is 42.5 Å². The van der Waals surface area contributed by atoms with Gasteiger partial charge in [-0.3, -0.25) is 9.13 Å². The van der Waals surface area contributed by atoms with Gasteiger partial charge in [-0.15, -0.1) is 0 Å². The average Bonchev–Trinajstić information content (AvgIpc) is 3.76. The topological polar surface area (TPSA) is 61.7 Å². The summed E-state index contributed by atoms with van der Waals surface area (Å²) in [6, 6.07) is 45.8.